The van der Waals surface area contributed by atoms with E-state index in [0.717, 1.165) is 38.4 Å². The molecule has 172 valence electrons. The van der Waals surface area contributed by atoms with Gasteiger partial charge in [0.25, 0.3) is 0 Å². The summed E-state index contributed by atoms with van der Waals surface area (Å²) in [6.07, 6.45) is 3.13. The number of hydrogen-bond acceptors (Lipinski definition) is 5. The zero-order valence-corrected chi connectivity index (χ0v) is 18.0. The van der Waals surface area contributed by atoms with Gasteiger partial charge in [-0.3, -0.25) is 14.6 Å². The topological polar surface area (TPSA) is 42.9 Å². The lowest BCUT2D eigenvalue weighted by atomic mass is 9.94. The van der Waals surface area contributed by atoms with Gasteiger partial charge in [0, 0.05) is 64.6 Å². The lowest BCUT2D eigenvalue weighted by molar-refractivity contribution is -0.138. The Hall–Kier alpha value is -1.87. The van der Waals surface area contributed by atoms with Crippen LogP contribution in [0.15, 0.2) is 18.3 Å². The molecule has 1 amide bonds. The summed E-state index contributed by atoms with van der Waals surface area (Å²) in [5, 5.41) is 0. The Labute approximate surface area is 182 Å². The van der Waals surface area contributed by atoms with Crippen molar-refractivity contribution in [2.45, 2.75) is 44.3 Å². The zero-order chi connectivity index (χ0) is 21.8. The Kier molecular flexibility index (Phi) is 7.01. The smallest absolute Gasteiger partial charge is 0.354 e. The number of pyridine rings is 1. The number of anilines is 1. The van der Waals surface area contributed by atoms with E-state index in [1.807, 2.05) is 9.80 Å². The van der Waals surface area contributed by atoms with E-state index in [4.69, 9.17) is 0 Å². The van der Waals surface area contributed by atoms with E-state index in [-0.39, 0.29) is 5.91 Å². The van der Waals surface area contributed by atoms with E-state index >= 15 is 0 Å². The molecule has 6 nitrogen and oxygen atoms in total. The predicted molar refractivity (Wildman–Crippen MR) is 113 cm³/mol. The first-order valence-corrected chi connectivity index (χ1v) is 11.4. The molecule has 0 radical (unpaired) electrons. The number of hydrogen-bond donors (Lipinski definition) is 0. The summed E-state index contributed by atoms with van der Waals surface area (Å²) in [5.74, 6) is 0.738. The van der Waals surface area contributed by atoms with E-state index in [2.05, 4.69) is 14.8 Å². The molecule has 3 aliphatic rings. The number of amides is 1. The van der Waals surface area contributed by atoms with Crippen molar-refractivity contribution in [1.29, 1.82) is 0 Å². The Morgan fingerprint density at radius 3 is 2.19 bits per heavy atom. The molecular weight excluding hydrogens is 407 g/mol. The Bertz CT molecular complexity index is 720. The van der Waals surface area contributed by atoms with Crippen molar-refractivity contribution in [3.8, 4) is 0 Å². The van der Waals surface area contributed by atoms with Crippen molar-refractivity contribution in [3.63, 3.8) is 0 Å². The lowest BCUT2D eigenvalue weighted by Crippen LogP contribution is -2.55. The maximum atomic E-state index is 12.8. The maximum Gasteiger partial charge on any atom is 0.417 e. The standard InChI is InChI=1S/C22H32F3N5O/c23-22(24,25)18-6-7-20(26-16-18)29-10-8-27(9-11-29)17-21(31)30-14-12-28(13-15-30)19-4-2-1-3-5-19/h6-7,16,19H,1-5,8-15,17H2. The second kappa shape index (κ2) is 9.73. The Morgan fingerprint density at radius 1 is 0.935 bits per heavy atom. The first kappa shape index (κ1) is 22.3. The number of piperazine rings is 2. The normalized spacial score (nSPS) is 22.7. The number of carbonyl (C=O) groups excluding carboxylic acids is 1. The molecule has 3 heterocycles. The molecular formula is C22H32F3N5O. The quantitative estimate of drug-likeness (QED) is 0.722. The van der Waals surface area contributed by atoms with Crippen LogP contribution in [0.25, 0.3) is 0 Å². The third-order valence-corrected chi connectivity index (χ3v) is 6.89. The van der Waals surface area contributed by atoms with Crippen LogP contribution >= 0.6 is 0 Å². The molecule has 9 heteroatoms. The van der Waals surface area contributed by atoms with Crippen LogP contribution in [0.5, 0.6) is 0 Å². The number of carbonyl (C=O) groups is 1. The molecule has 0 N–H and O–H groups in total. The molecule has 4 rings (SSSR count). The van der Waals surface area contributed by atoms with E-state index in [0.29, 0.717) is 44.6 Å². The van der Waals surface area contributed by atoms with Crippen LogP contribution in [0, 0.1) is 0 Å². The largest absolute Gasteiger partial charge is 0.417 e. The summed E-state index contributed by atoms with van der Waals surface area (Å²) < 4.78 is 38.1. The van der Waals surface area contributed by atoms with E-state index in [1.54, 1.807) is 0 Å². The van der Waals surface area contributed by atoms with Crippen LogP contribution in [0.2, 0.25) is 0 Å². The van der Waals surface area contributed by atoms with Gasteiger partial charge in [0.1, 0.15) is 5.82 Å². The molecule has 1 aromatic heterocycles. The van der Waals surface area contributed by atoms with Gasteiger partial charge < -0.3 is 9.80 Å². The van der Waals surface area contributed by atoms with E-state index in [9.17, 15) is 18.0 Å². The second-order valence-corrected chi connectivity index (χ2v) is 8.87. The van der Waals surface area contributed by atoms with Gasteiger partial charge in [0.05, 0.1) is 12.1 Å². The fraction of sp³-hybridized carbons (Fsp3) is 0.727. The van der Waals surface area contributed by atoms with Crippen LogP contribution in [0.3, 0.4) is 0 Å². The highest BCUT2D eigenvalue weighted by molar-refractivity contribution is 5.78. The number of alkyl halides is 3. The molecule has 0 atom stereocenters. The van der Waals surface area contributed by atoms with Crippen LogP contribution in [-0.2, 0) is 11.0 Å². The fourth-order valence-corrected chi connectivity index (χ4v) is 4.95. The van der Waals surface area contributed by atoms with E-state index < -0.39 is 11.7 Å². The molecule has 0 unspecified atom stereocenters. The minimum atomic E-state index is -4.37. The average Bonchev–Trinajstić information content (AvgIpc) is 2.80. The van der Waals surface area contributed by atoms with Crippen molar-refractivity contribution in [2.24, 2.45) is 0 Å². The lowest BCUT2D eigenvalue weighted by Gasteiger charge is -2.41. The number of rotatable bonds is 4. The molecule has 31 heavy (non-hydrogen) atoms. The van der Waals surface area contributed by atoms with Gasteiger partial charge in [-0.05, 0) is 25.0 Å². The summed E-state index contributed by atoms with van der Waals surface area (Å²) in [7, 11) is 0. The van der Waals surface area contributed by atoms with Crippen molar-refractivity contribution < 1.29 is 18.0 Å². The minimum absolute atomic E-state index is 0.185. The third kappa shape index (κ3) is 5.68. The molecule has 2 aliphatic heterocycles. The Balaban J connectivity index is 1.20. The monoisotopic (exact) mass is 439 g/mol. The van der Waals surface area contributed by atoms with Gasteiger partial charge in [0.2, 0.25) is 5.91 Å². The summed E-state index contributed by atoms with van der Waals surface area (Å²) in [4.78, 5) is 25.4. The average molecular weight is 440 g/mol. The molecule has 0 spiro atoms. The summed E-state index contributed by atoms with van der Waals surface area (Å²) in [5.41, 5.74) is -0.732. The van der Waals surface area contributed by atoms with Gasteiger partial charge in [0.15, 0.2) is 0 Å². The van der Waals surface area contributed by atoms with Gasteiger partial charge in [-0.15, -0.1) is 0 Å². The van der Waals surface area contributed by atoms with Crippen LogP contribution in [0.4, 0.5) is 19.0 Å². The minimum Gasteiger partial charge on any atom is -0.354 e. The SMILES string of the molecule is O=C(CN1CCN(c2ccc(C(F)(F)F)cn2)CC1)N1CCN(C2CCCCC2)CC1. The second-order valence-electron chi connectivity index (χ2n) is 8.87. The van der Waals surface area contributed by atoms with Crippen molar-refractivity contribution in [3.05, 3.63) is 23.9 Å². The first-order chi connectivity index (χ1) is 14.9. The summed E-state index contributed by atoms with van der Waals surface area (Å²) in [6.45, 7) is 6.70. The van der Waals surface area contributed by atoms with Crippen LogP contribution in [0.1, 0.15) is 37.7 Å². The third-order valence-electron chi connectivity index (χ3n) is 6.89. The molecule has 1 aliphatic carbocycles. The van der Waals surface area contributed by atoms with Gasteiger partial charge in [-0.25, -0.2) is 4.98 Å². The van der Waals surface area contributed by atoms with Crippen LogP contribution < -0.4 is 4.90 Å². The highest BCUT2D eigenvalue weighted by Crippen LogP contribution is 2.29. The molecule has 0 bridgehead atoms. The number of aromatic nitrogens is 1. The molecule has 2 saturated heterocycles. The van der Waals surface area contributed by atoms with Gasteiger partial charge in [-0.2, -0.15) is 13.2 Å². The zero-order valence-electron chi connectivity index (χ0n) is 18.0. The van der Waals surface area contributed by atoms with Crippen molar-refractivity contribution in [2.75, 3.05) is 63.8 Å². The summed E-state index contributed by atoms with van der Waals surface area (Å²) in [6, 6.07) is 3.21. The fourth-order valence-electron chi connectivity index (χ4n) is 4.95. The highest BCUT2D eigenvalue weighted by Gasteiger charge is 2.31. The summed E-state index contributed by atoms with van der Waals surface area (Å²) >= 11 is 0. The van der Waals surface area contributed by atoms with E-state index in [1.165, 1.54) is 38.2 Å². The number of nitrogens with zero attached hydrogens (tertiary/aromatic N) is 5. The highest BCUT2D eigenvalue weighted by atomic mass is 19.4. The molecule has 3 fully saturated rings. The molecule has 1 saturated carbocycles. The van der Waals surface area contributed by atoms with Crippen molar-refractivity contribution in [1.82, 2.24) is 19.7 Å². The Morgan fingerprint density at radius 2 is 1.61 bits per heavy atom. The maximum absolute atomic E-state index is 12.8. The molecule has 0 aromatic carbocycles. The number of halogens is 3. The van der Waals surface area contributed by atoms with Crippen LogP contribution in [-0.4, -0.2) is 90.5 Å². The van der Waals surface area contributed by atoms with Gasteiger partial charge in [-0.1, -0.05) is 19.3 Å². The predicted octanol–water partition coefficient (Wildman–Crippen LogP) is 2.70. The molecule has 1 aromatic rings. The van der Waals surface area contributed by atoms with Crippen molar-refractivity contribution >= 4 is 11.7 Å². The van der Waals surface area contributed by atoms with Gasteiger partial charge >= 0.3 is 6.18 Å². The first-order valence-electron chi connectivity index (χ1n) is 11.4.